The maximum absolute atomic E-state index is 12.4. The summed E-state index contributed by atoms with van der Waals surface area (Å²) in [4.78, 5) is 14.1. The lowest BCUT2D eigenvalue weighted by molar-refractivity contribution is -0.116. The molecule has 0 unspecified atom stereocenters. The number of carbonyl (C=O) groups is 1. The molecule has 1 heterocycles. The molecule has 8 nitrogen and oxygen atoms in total. The first-order valence-corrected chi connectivity index (χ1v) is 10.1. The fraction of sp³-hybridized carbons (Fsp3) is 0.263. The summed E-state index contributed by atoms with van der Waals surface area (Å²) in [6.07, 6.45) is 0. The van der Waals surface area contributed by atoms with Gasteiger partial charge >= 0.3 is 0 Å². The van der Waals surface area contributed by atoms with Crippen LogP contribution < -0.4 is 14.8 Å². The lowest BCUT2D eigenvalue weighted by Gasteiger charge is -2.19. The molecule has 1 N–H and O–H groups in total. The lowest BCUT2D eigenvalue weighted by atomic mass is 10.2. The highest BCUT2D eigenvalue weighted by Crippen LogP contribution is 2.30. The van der Waals surface area contributed by atoms with Gasteiger partial charge in [0.05, 0.1) is 20.3 Å². The van der Waals surface area contributed by atoms with Crippen molar-refractivity contribution in [2.24, 2.45) is 4.40 Å². The number of benzene rings is 2. The molecular weight excluding hydrogens is 382 g/mol. The van der Waals surface area contributed by atoms with Crippen molar-refractivity contribution in [1.82, 2.24) is 4.90 Å². The van der Waals surface area contributed by atoms with Crippen molar-refractivity contribution in [2.45, 2.75) is 11.8 Å². The summed E-state index contributed by atoms with van der Waals surface area (Å²) < 4.78 is 38.9. The Balaban J connectivity index is 1.72. The quantitative estimate of drug-likeness (QED) is 0.793. The van der Waals surface area contributed by atoms with Crippen molar-refractivity contribution in [3.8, 4) is 11.5 Å². The highest BCUT2D eigenvalue weighted by atomic mass is 32.2. The van der Waals surface area contributed by atoms with Crippen molar-refractivity contribution < 1.29 is 22.7 Å². The molecule has 1 aliphatic heterocycles. The van der Waals surface area contributed by atoms with Gasteiger partial charge < -0.3 is 19.7 Å². The van der Waals surface area contributed by atoms with Gasteiger partial charge in [0.2, 0.25) is 5.91 Å². The molecule has 0 aromatic heterocycles. The molecule has 0 radical (unpaired) electrons. The SMILES string of the molecule is CCOc1ccc(NC(=O)CN(C)C2=NS(=O)(=O)c3ccccc32)cc1OC. The molecule has 2 aromatic rings. The number of hydrogen-bond acceptors (Lipinski definition) is 6. The summed E-state index contributed by atoms with van der Waals surface area (Å²) in [5.74, 6) is 1.02. The number of anilines is 1. The van der Waals surface area contributed by atoms with Crippen LogP contribution >= 0.6 is 0 Å². The summed E-state index contributed by atoms with van der Waals surface area (Å²) in [5.41, 5.74) is 1.03. The van der Waals surface area contributed by atoms with Crippen molar-refractivity contribution >= 4 is 27.5 Å². The number of amidine groups is 1. The number of nitrogens with one attached hydrogen (secondary N) is 1. The average Bonchev–Trinajstić information content (AvgIpc) is 2.95. The molecule has 0 atom stereocenters. The highest BCUT2D eigenvalue weighted by Gasteiger charge is 2.30. The second-order valence-corrected chi connectivity index (χ2v) is 7.66. The molecule has 1 amide bonds. The zero-order chi connectivity index (χ0) is 20.3. The van der Waals surface area contributed by atoms with E-state index in [-0.39, 0.29) is 23.2 Å². The molecule has 0 saturated carbocycles. The van der Waals surface area contributed by atoms with Gasteiger partial charge in [-0.2, -0.15) is 8.42 Å². The van der Waals surface area contributed by atoms with Crippen LogP contribution in [0.25, 0.3) is 0 Å². The van der Waals surface area contributed by atoms with E-state index in [4.69, 9.17) is 9.47 Å². The van der Waals surface area contributed by atoms with E-state index in [1.165, 1.54) is 18.1 Å². The van der Waals surface area contributed by atoms with Gasteiger partial charge in [0.25, 0.3) is 10.0 Å². The van der Waals surface area contributed by atoms with Crippen molar-refractivity contribution in [3.05, 3.63) is 48.0 Å². The molecule has 1 aliphatic rings. The van der Waals surface area contributed by atoms with Crippen LogP contribution in [0.2, 0.25) is 0 Å². The first kappa shape index (κ1) is 19.7. The van der Waals surface area contributed by atoms with Gasteiger partial charge in [-0.25, -0.2) is 0 Å². The molecule has 0 aliphatic carbocycles. The molecule has 0 bridgehead atoms. The van der Waals surface area contributed by atoms with Crippen LogP contribution in [-0.4, -0.2) is 52.4 Å². The van der Waals surface area contributed by atoms with Gasteiger partial charge in [-0.3, -0.25) is 4.79 Å². The van der Waals surface area contributed by atoms with Crippen LogP contribution in [0.1, 0.15) is 12.5 Å². The van der Waals surface area contributed by atoms with E-state index >= 15 is 0 Å². The summed E-state index contributed by atoms with van der Waals surface area (Å²) in [5, 5.41) is 2.76. The van der Waals surface area contributed by atoms with E-state index in [9.17, 15) is 13.2 Å². The standard InChI is InChI=1S/C19H21N3O5S/c1-4-27-15-10-9-13(11-16(15)26-3)20-18(23)12-22(2)19-14-7-5-6-8-17(14)28(24,25)21-19/h5-11H,4,12H2,1-3H3,(H,20,23). The van der Waals surface area contributed by atoms with Crippen LogP contribution in [0.3, 0.4) is 0 Å². The Morgan fingerprint density at radius 1 is 1.18 bits per heavy atom. The predicted octanol–water partition coefficient (Wildman–Crippen LogP) is 2.11. The summed E-state index contributed by atoms with van der Waals surface area (Å²) in [6.45, 7) is 2.30. The third-order valence-electron chi connectivity index (χ3n) is 4.10. The number of hydrogen-bond donors (Lipinski definition) is 1. The van der Waals surface area contributed by atoms with E-state index in [1.54, 1.807) is 43.4 Å². The summed E-state index contributed by atoms with van der Waals surface area (Å²) in [7, 11) is -0.589. The number of methoxy groups -OCH3 is 1. The molecule has 148 valence electrons. The van der Waals surface area contributed by atoms with E-state index in [2.05, 4.69) is 9.71 Å². The molecule has 0 fully saturated rings. The van der Waals surface area contributed by atoms with Gasteiger partial charge in [-0.1, -0.05) is 12.1 Å². The third kappa shape index (κ3) is 3.94. The van der Waals surface area contributed by atoms with E-state index in [0.717, 1.165) is 0 Å². The second kappa shape index (κ2) is 7.89. The molecule has 9 heteroatoms. The summed E-state index contributed by atoms with van der Waals surface area (Å²) >= 11 is 0. The number of rotatable bonds is 6. The predicted molar refractivity (Wildman–Crippen MR) is 106 cm³/mol. The topological polar surface area (TPSA) is 97.3 Å². The number of ether oxygens (including phenoxy) is 2. The number of nitrogens with zero attached hydrogens (tertiary/aromatic N) is 2. The van der Waals surface area contributed by atoms with Crippen LogP contribution in [0, 0.1) is 0 Å². The maximum atomic E-state index is 12.4. The fourth-order valence-corrected chi connectivity index (χ4v) is 4.13. The molecule has 3 rings (SSSR count). The van der Waals surface area contributed by atoms with Crippen LogP contribution in [-0.2, 0) is 14.8 Å². The van der Waals surface area contributed by atoms with Gasteiger partial charge in [-0.15, -0.1) is 4.40 Å². The zero-order valence-corrected chi connectivity index (χ0v) is 16.6. The number of sulfonamides is 1. The molecule has 28 heavy (non-hydrogen) atoms. The van der Waals surface area contributed by atoms with E-state index in [0.29, 0.717) is 29.4 Å². The number of likely N-dealkylation sites (N-methyl/N-ethyl adjacent to an activating group) is 1. The number of amides is 1. The zero-order valence-electron chi connectivity index (χ0n) is 15.8. The molecule has 0 saturated heterocycles. The van der Waals surface area contributed by atoms with Gasteiger partial charge in [0, 0.05) is 24.4 Å². The van der Waals surface area contributed by atoms with Crippen molar-refractivity contribution in [2.75, 3.05) is 32.6 Å². The number of fused-ring (bicyclic) bond motifs is 1. The maximum Gasteiger partial charge on any atom is 0.285 e. The van der Waals surface area contributed by atoms with Crippen LogP contribution in [0.4, 0.5) is 5.69 Å². The fourth-order valence-electron chi connectivity index (χ4n) is 2.87. The normalized spacial score (nSPS) is 14.0. The monoisotopic (exact) mass is 403 g/mol. The molecular formula is C19H21N3O5S. The lowest BCUT2D eigenvalue weighted by Crippen LogP contribution is -2.34. The average molecular weight is 403 g/mol. The first-order chi connectivity index (χ1) is 13.4. The Bertz CT molecular complexity index is 1030. The summed E-state index contributed by atoms with van der Waals surface area (Å²) in [6, 6.07) is 11.6. The Labute approximate surface area is 163 Å². The largest absolute Gasteiger partial charge is 0.493 e. The molecule has 2 aromatic carbocycles. The smallest absolute Gasteiger partial charge is 0.285 e. The Hall–Kier alpha value is -3.07. The van der Waals surface area contributed by atoms with Crippen molar-refractivity contribution in [3.63, 3.8) is 0 Å². The van der Waals surface area contributed by atoms with E-state index < -0.39 is 10.0 Å². The Morgan fingerprint density at radius 3 is 2.64 bits per heavy atom. The molecule has 0 spiro atoms. The number of carbonyl (C=O) groups excluding carboxylic acids is 1. The Kier molecular flexibility index (Phi) is 5.55. The van der Waals surface area contributed by atoms with Crippen molar-refractivity contribution in [1.29, 1.82) is 0 Å². The van der Waals surface area contributed by atoms with Gasteiger partial charge in [-0.05, 0) is 31.2 Å². The Morgan fingerprint density at radius 2 is 1.93 bits per heavy atom. The van der Waals surface area contributed by atoms with Gasteiger partial charge in [0.15, 0.2) is 17.3 Å². The van der Waals surface area contributed by atoms with Crippen LogP contribution in [0.5, 0.6) is 11.5 Å². The second-order valence-electron chi connectivity index (χ2n) is 6.09. The van der Waals surface area contributed by atoms with E-state index in [1.807, 2.05) is 6.92 Å². The minimum Gasteiger partial charge on any atom is -0.493 e. The third-order valence-corrected chi connectivity index (χ3v) is 5.43. The highest BCUT2D eigenvalue weighted by molar-refractivity contribution is 7.90. The van der Waals surface area contributed by atoms with Crippen LogP contribution in [0.15, 0.2) is 51.8 Å². The first-order valence-electron chi connectivity index (χ1n) is 8.62. The van der Waals surface area contributed by atoms with Gasteiger partial charge in [0.1, 0.15) is 4.90 Å². The minimum atomic E-state index is -3.73. The minimum absolute atomic E-state index is 0.0712.